The molecular formula is C13H16N2. The van der Waals surface area contributed by atoms with E-state index in [1.807, 2.05) is 6.20 Å². The zero-order chi connectivity index (χ0) is 10.7. The van der Waals surface area contributed by atoms with Gasteiger partial charge in [0.2, 0.25) is 0 Å². The molecule has 0 amide bonds. The molecule has 1 aromatic carbocycles. The van der Waals surface area contributed by atoms with Crippen molar-refractivity contribution in [1.82, 2.24) is 9.55 Å². The minimum Gasteiger partial charge on any atom is -0.335 e. The lowest BCUT2D eigenvalue weighted by Gasteiger charge is -2.03. The number of imidazole rings is 1. The van der Waals surface area contributed by atoms with E-state index in [-0.39, 0.29) is 0 Å². The molecule has 0 aliphatic carbocycles. The Labute approximate surface area is 90.6 Å². The number of nitrogens with zero attached hydrogens (tertiary/aromatic N) is 2. The van der Waals surface area contributed by atoms with E-state index >= 15 is 0 Å². The first kappa shape index (κ1) is 9.97. The first-order valence-corrected chi connectivity index (χ1v) is 5.28. The maximum atomic E-state index is 4.39. The molecule has 2 heteroatoms. The molecule has 2 nitrogen and oxygen atoms in total. The van der Waals surface area contributed by atoms with Gasteiger partial charge in [0.15, 0.2) is 0 Å². The predicted octanol–water partition coefficient (Wildman–Crippen LogP) is 2.51. The number of hydrogen-bond acceptors (Lipinski definition) is 1. The fourth-order valence-corrected chi connectivity index (χ4v) is 1.68. The van der Waals surface area contributed by atoms with Crippen LogP contribution in [0.15, 0.2) is 36.5 Å². The van der Waals surface area contributed by atoms with Crippen molar-refractivity contribution in [3.05, 3.63) is 53.6 Å². The Morgan fingerprint density at radius 1 is 1.13 bits per heavy atom. The molecule has 0 spiro atoms. The topological polar surface area (TPSA) is 17.8 Å². The molecule has 0 radical (unpaired) electrons. The first-order valence-electron chi connectivity index (χ1n) is 5.28. The minimum absolute atomic E-state index is 1.01. The summed E-state index contributed by atoms with van der Waals surface area (Å²) in [5.41, 5.74) is 2.59. The van der Waals surface area contributed by atoms with Crippen LogP contribution < -0.4 is 0 Å². The third-order valence-electron chi connectivity index (χ3n) is 2.80. The molecule has 78 valence electrons. The van der Waals surface area contributed by atoms with Crippen molar-refractivity contribution in [2.24, 2.45) is 7.05 Å². The van der Waals surface area contributed by atoms with E-state index in [2.05, 4.69) is 53.9 Å². The highest BCUT2D eigenvalue weighted by molar-refractivity contribution is 5.16. The van der Waals surface area contributed by atoms with Gasteiger partial charge in [0.25, 0.3) is 0 Å². The molecule has 2 aromatic rings. The van der Waals surface area contributed by atoms with E-state index in [4.69, 9.17) is 0 Å². The second-order valence-corrected chi connectivity index (χ2v) is 3.86. The number of aryl methyl sites for hydroxylation is 3. The van der Waals surface area contributed by atoms with E-state index in [1.54, 1.807) is 0 Å². The van der Waals surface area contributed by atoms with Crippen molar-refractivity contribution in [2.45, 2.75) is 19.8 Å². The van der Waals surface area contributed by atoms with Gasteiger partial charge >= 0.3 is 0 Å². The van der Waals surface area contributed by atoms with Gasteiger partial charge in [-0.25, -0.2) is 4.98 Å². The van der Waals surface area contributed by atoms with Gasteiger partial charge in [-0.1, -0.05) is 30.3 Å². The summed E-state index contributed by atoms with van der Waals surface area (Å²) >= 11 is 0. The first-order chi connectivity index (χ1) is 7.27. The van der Waals surface area contributed by atoms with Gasteiger partial charge in [-0.05, 0) is 18.9 Å². The van der Waals surface area contributed by atoms with Gasteiger partial charge in [-0.3, -0.25) is 0 Å². The normalized spacial score (nSPS) is 10.5. The van der Waals surface area contributed by atoms with Crippen LogP contribution >= 0.6 is 0 Å². The van der Waals surface area contributed by atoms with Crippen LogP contribution in [0.5, 0.6) is 0 Å². The van der Waals surface area contributed by atoms with Crippen molar-refractivity contribution in [2.75, 3.05) is 0 Å². The largest absolute Gasteiger partial charge is 0.335 e. The third-order valence-corrected chi connectivity index (χ3v) is 2.80. The molecule has 0 N–H and O–H groups in total. The molecule has 1 aromatic heterocycles. The van der Waals surface area contributed by atoms with Crippen LogP contribution in [-0.2, 0) is 19.9 Å². The molecule has 0 unspecified atom stereocenters. The predicted molar refractivity (Wildman–Crippen MR) is 61.8 cm³/mol. The molecule has 0 bridgehead atoms. The average molecular weight is 200 g/mol. The highest BCUT2D eigenvalue weighted by atomic mass is 15.0. The molecule has 0 saturated carbocycles. The SMILES string of the molecule is Cc1cnc(CCc2ccccc2)n1C. The summed E-state index contributed by atoms with van der Waals surface area (Å²) in [6, 6.07) is 10.5. The van der Waals surface area contributed by atoms with E-state index in [0.717, 1.165) is 18.7 Å². The summed E-state index contributed by atoms with van der Waals surface area (Å²) in [6.45, 7) is 2.08. The minimum atomic E-state index is 1.01. The lowest BCUT2D eigenvalue weighted by atomic mass is 10.1. The van der Waals surface area contributed by atoms with Gasteiger partial charge < -0.3 is 4.57 Å². The van der Waals surface area contributed by atoms with Gasteiger partial charge in [0, 0.05) is 25.4 Å². The molecule has 0 saturated heterocycles. The molecular weight excluding hydrogens is 184 g/mol. The van der Waals surface area contributed by atoms with E-state index in [1.165, 1.54) is 11.3 Å². The van der Waals surface area contributed by atoms with Crippen LogP contribution in [-0.4, -0.2) is 9.55 Å². The van der Waals surface area contributed by atoms with Crippen LogP contribution in [0.3, 0.4) is 0 Å². The van der Waals surface area contributed by atoms with Gasteiger partial charge in [-0.15, -0.1) is 0 Å². The van der Waals surface area contributed by atoms with Gasteiger partial charge in [0.05, 0.1) is 0 Å². The number of rotatable bonds is 3. The molecule has 0 aliphatic heterocycles. The summed E-state index contributed by atoms with van der Waals surface area (Å²) in [5, 5.41) is 0. The zero-order valence-electron chi connectivity index (χ0n) is 9.27. The van der Waals surface area contributed by atoms with Crippen molar-refractivity contribution in [3.63, 3.8) is 0 Å². The maximum Gasteiger partial charge on any atom is 0.108 e. The summed E-state index contributed by atoms with van der Waals surface area (Å²) in [5.74, 6) is 1.16. The molecule has 0 aliphatic rings. The smallest absolute Gasteiger partial charge is 0.108 e. The van der Waals surface area contributed by atoms with E-state index in [9.17, 15) is 0 Å². The van der Waals surface area contributed by atoms with Gasteiger partial charge in [-0.2, -0.15) is 0 Å². The van der Waals surface area contributed by atoms with E-state index in [0.29, 0.717) is 0 Å². The molecule has 0 atom stereocenters. The Morgan fingerprint density at radius 3 is 2.47 bits per heavy atom. The monoisotopic (exact) mass is 200 g/mol. The van der Waals surface area contributed by atoms with E-state index < -0.39 is 0 Å². The molecule has 1 heterocycles. The van der Waals surface area contributed by atoms with Crippen LogP contribution in [0.2, 0.25) is 0 Å². The van der Waals surface area contributed by atoms with Crippen molar-refractivity contribution in [3.8, 4) is 0 Å². The summed E-state index contributed by atoms with van der Waals surface area (Å²) in [6.07, 6.45) is 4.00. The highest BCUT2D eigenvalue weighted by Crippen LogP contribution is 2.07. The number of hydrogen-bond donors (Lipinski definition) is 0. The van der Waals surface area contributed by atoms with Crippen molar-refractivity contribution < 1.29 is 0 Å². The van der Waals surface area contributed by atoms with Crippen LogP contribution in [0.25, 0.3) is 0 Å². The van der Waals surface area contributed by atoms with Crippen molar-refractivity contribution in [1.29, 1.82) is 0 Å². The summed E-state index contributed by atoms with van der Waals surface area (Å²) < 4.78 is 2.16. The molecule has 2 rings (SSSR count). The zero-order valence-corrected chi connectivity index (χ0v) is 9.27. The summed E-state index contributed by atoms with van der Waals surface area (Å²) in [4.78, 5) is 4.39. The Bertz CT molecular complexity index is 429. The Morgan fingerprint density at radius 2 is 1.87 bits per heavy atom. The van der Waals surface area contributed by atoms with Crippen LogP contribution in [0, 0.1) is 6.92 Å². The van der Waals surface area contributed by atoms with Gasteiger partial charge in [0.1, 0.15) is 5.82 Å². The van der Waals surface area contributed by atoms with Crippen LogP contribution in [0.1, 0.15) is 17.1 Å². The fourth-order valence-electron chi connectivity index (χ4n) is 1.68. The third kappa shape index (κ3) is 2.27. The lowest BCUT2D eigenvalue weighted by molar-refractivity contribution is 0.755. The number of aromatic nitrogens is 2. The Balaban J connectivity index is 2.02. The fraction of sp³-hybridized carbons (Fsp3) is 0.308. The van der Waals surface area contributed by atoms with Crippen LogP contribution in [0.4, 0.5) is 0 Å². The standard InChI is InChI=1S/C13H16N2/c1-11-10-14-13(15(11)2)9-8-12-6-4-3-5-7-12/h3-7,10H,8-9H2,1-2H3. The Hall–Kier alpha value is -1.57. The second-order valence-electron chi connectivity index (χ2n) is 3.86. The maximum absolute atomic E-state index is 4.39. The molecule has 15 heavy (non-hydrogen) atoms. The quantitative estimate of drug-likeness (QED) is 0.744. The second kappa shape index (κ2) is 4.30. The molecule has 0 fully saturated rings. The highest BCUT2D eigenvalue weighted by Gasteiger charge is 2.02. The van der Waals surface area contributed by atoms with Crippen molar-refractivity contribution >= 4 is 0 Å². The Kier molecular flexibility index (Phi) is 2.86. The lowest BCUT2D eigenvalue weighted by Crippen LogP contribution is -2.01. The number of benzene rings is 1. The average Bonchev–Trinajstić information content (AvgIpc) is 2.59. The summed E-state index contributed by atoms with van der Waals surface area (Å²) in [7, 11) is 2.07.